The molecule has 0 aliphatic heterocycles. The zero-order valence-corrected chi connectivity index (χ0v) is 13.7. The second kappa shape index (κ2) is 6.56. The predicted octanol–water partition coefficient (Wildman–Crippen LogP) is 3.47. The van der Waals surface area contributed by atoms with E-state index in [1.165, 1.54) is 15.7 Å². The molecule has 0 amide bonds. The monoisotopic (exact) mass is 347 g/mol. The summed E-state index contributed by atoms with van der Waals surface area (Å²) in [6.07, 6.45) is 2.51. The molecule has 0 saturated heterocycles. The van der Waals surface area contributed by atoms with Crippen LogP contribution in [0, 0.1) is 0 Å². The highest BCUT2D eigenvalue weighted by Crippen LogP contribution is 2.30. The zero-order valence-electron chi connectivity index (χ0n) is 12.2. The molecule has 0 bridgehead atoms. The Balaban J connectivity index is 2.25. The Morgan fingerprint density at radius 1 is 1.26 bits per heavy atom. The maximum atomic E-state index is 12.8. The summed E-state index contributed by atoms with van der Waals surface area (Å²) >= 11 is 6.95. The second-order valence-corrected chi connectivity index (χ2v) is 6.35. The number of fused-ring (bicyclic) bond motifs is 1. The molecular weight excluding hydrogens is 334 g/mol. The minimum atomic E-state index is -0.298. The summed E-state index contributed by atoms with van der Waals surface area (Å²) in [7, 11) is 0. The molecule has 2 aromatic heterocycles. The van der Waals surface area contributed by atoms with E-state index in [-0.39, 0.29) is 28.2 Å². The van der Waals surface area contributed by atoms with Crippen LogP contribution in [0.3, 0.4) is 0 Å². The first-order valence-electron chi connectivity index (χ1n) is 7.14. The third-order valence-corrected chi connectivity index (χ3v) is 4.79. The first-order chi connectivity index (χ1) is 11.1. The molecule has 23 heavy (non-hydrogen) atoms. The molecule has 6 heteroatoms. The fourth-order valence-corrected chi connectivity index (χ4v) is 3.54. The number of aromatic hydroxyl groups is 1. The van der Waals surface area contributed by atoms with Crippen molar-refractivity contribution in [2.75, 3.05) is 5.88 Å². The second-order valence-electron chi connectivity index (χ2n) is 5.07. The molecule has 0 radical (unpaired) electrons. The van der Waals surface area contributed by atoms with Crippen molar-refractivity contribution < 1.29 is 9.90 Å². The smallest absolute Gasteiger partial charge is 0.262 e. The highest BCUT2D eigenvalue weighted by Gasteiger charge is 2.23. The van der Waals surface area contributed by atoms with Gasteiger partial charge in [-0.05, 0) is 12.8 Å². The van der Waals surface area contributed by atoms with Gasteiger partial charge >= 0.3 is 0 Å². The van der Waals surface area contributed by atoms with Crippen molar-refractivity contribution in [2.45, 2.75) is 12.8 Å². The van der Waals surface area contributed by atoms with Crippen molar-refractivity contribution in [1.82, 2.24) is 4.40 Å². The van der Waals surface area contributed by atoms with Gasteiger partial charge in [0.25, 0.3) is 5.56 Å². The first kappa shape index (κ1) is 15.8. The normalized spacial score (nSPS) is 11.0. The number of ketones is 1. The summed E-state index contributed by atoms with van der Waals surface area (Å²) < 4.78 is 1.42. The fraction of sp³-hybridized carbons (Fsp3) is 0.176. The summed E-state index contributed by atoms with van der Waals surface area (Å²) in [4.78, 5) is 25.8. The predicted molar refractivity (Wildman–Crippen MR) is 92.1 cm³/mol. The molecule has 0 spiro atoms. The number of aromatic nitrogens is 1. The van der Waals surface area contributed by atoms with Crippen LogP contribution in [0.25, 0.3) is 4.83 Å². The standard InChI is InChI=1S/C17H14ClNO3S/c18-8-4-7-12-15(21)13(14(20)11-5-2-1-3-6-11)17-19(16(12)22)9-10-23-17/h1-3,5-6,9-10,21H,4,7-8H2. The summed E-state index contributed by atoms with van der Waals surface area (Å²) in [6, 6.07) is 8.72. The van der Waals surface area contributed by atoms with E-state index in [0.717, 1.165) is 0 Å². The van der Waals surface area contributed by atoms with Gasteiger partial charge in [-0.25, -0.2) is 0 Å². The molecule has 1 aromatic carbocycles. The molecule has 0 atom stereocenters. The topological polar surface area (TPSA) is 58.8 Å². The number of hydrogen-bond donors (Lipinski definition) is 1. The van der Waals surface area contributed by atoms with Crippen molar-refractivity contribution in [3.63, 3.8) is 0 Å². The molecule has 3 aromatic rings. The van der Waals surface area contributed by atoms with E-state index in [4.69, 9.17) is 11.6 Å². The Morgan fingerprint density at radius 3 is 2.70 bits per heavy atom. The van der Waals surface area contributed by atoms with Crippen molar-refractivity contribution in [2.24, 2.45) is 0 Å². The number of nitrogens with zero attached hydrogens (tertiary/aromatic N) is 1. The number of rotatable bonds is 5. The maximum Gasteiger partial charge on any atom is 0.262 e. The molecule has 0 aliphatic rings. The number of thiazole rings is 1. The molecule has 0 unspecified atom stereocenters. The molecule has 0 saturated carbocycles. The van der Waals surface area contributed by atoms with Gasteiger partial charge in [-0.3, -0.25) is 14.0 Å². The van der Waals surface area contributed by atoms with E-state index >= 15 is 0 Å². The minimum absolute atomic E-state index is 0.176. The highest BCUT2D eigenvalue weighted by atomic mass is 35.5. The third kappa shape index (κ3) is 2.78. The van der Waals surface area contributed by atoms with Crippen LogP contribution in [0.1, 0.15) is 27.9 Å². The van der Waals surface area contributed by atoms with Crippen LogP contribution in [0.15, 0.2) is 46.7 Å². The van der Waals surface area contributed by atoms with Crippen LogP contribution in [0.2, 0.25) is 0 Å². The number of benzene rings is 1. The number of halogens is 1. The highest BCUT2D eigenvalue weighted by molar-refractivity contribution is 7.16. The van der Waals surface area contributed by atoms with Crippen LogP contribution in [-0.2, 0) is 6.42 Å². The van der Waals surface area contributed by atoms with Crippen LogP contribution in [-0.4, -0.2) is 21.2 Å². The van der Waals surface area contributed by atoms with Gasteiger partial charge < -0.3 is 5.11 Å². The molecular formula is C17H14ClNO3S. The lowest BCUT2D eigenvalue weighted by atomic mass is 10.0. The lowest BCUT2D eigenvalue weighted by Crippen LogP contribution is -2.20. The van der Waals surface area contributed by atoms with Crippen molar-refractivity contribution in [1.29, 1.82) is 0 Å². The molecule has 0 aliphatic carbocycles. The molecule has 0 fully saturated rings. The molecule has 1 N–H and O–H groups in total. The van der Waals surface area contributed by atoms with Gasteiger partial charge in [-0.2, -0.15) is 0 Å². The quantitative estimate of drug-likeness (QED) is 0.568. The summed E-state index contributed by atoms with van der Waals surface area (Å²) in [5, 5.41) is 12.3. The average molecular weight is 348 g/mol. The van der Waals surface area contributed by atoms with E-state index < -0.39 is 0 Å². The van der Waals surface area contributed by atoms with Gasteiger partial charge in [0.05, 0.1) is 11.1 Å². The Morgan fingerprint density at radius 2 is 2.00 bits per heavy atom. The van der Waals surface area contributed by atoms with Gasteiger partial charge in [0.1, 0.15) is 10.6 Å². The largest absolute Gasteiger partial charge is 0.507 e. The van der Waals surface area contributed by atoms with Gasteiger partial charge in [-0.15, -0.1) is 22.9 Å². The molecule has 4 nitrogen and oxygen atoms in total. The number of carbonyl (C=O) groups excluding carboxylic acids is 1. The Labute approximate surface area is 141 Å². The van der Waals surface area contributed by atoms with Crippen LogP contribution in [0.5, 0.6) is 5.75 Å². The fourth-order valence-electron chi connectivity index (χ4n) is 2.53. The minimum Gasteiger partial charge on any atom is -0.507 e. The van der Waals surface area contributed by atoms with Gasteiger partial charge in [0.2, 0.25) is 0 Å². The summed E-state index contributed by atoms with van der Waals surface area (Å²) in [6.45, 7) is 0. The average Bonchev–Trinajstić information content (AvgIpc) is 3.05. The van der Waals surface area contributed by atoms with Crippen molar-refractivity contribution in [3.05, 3.63) is 69.0 Å². The van der Waals surface area contributed by atoms with Gasteiger partial charge in [0, 0.05) is 23.0 Å². The molecule has 3 rings (SSSR count). The van der Waals surface area contributed by atoms with Crippen LogP contribution in [0.4, 0.5) is 0 Å². The maximum absolute atomic E-state index is 12.8. The number of alkyl halides is 1. The van der Waals surface area contributed by atoms with E-state index in [1.54, 1.807) is 35.8 Å². The number of pyridine rings is 1. The first-order valence-corrected chi connectivity index (χ1v) is 8.56. The lowest BCUT2D eigenvalue weighted by molar-refractivity contribution is 0.103. The van der Waals surface area contributed by atoms with E-state index in [9.17, 15) is 14.7 Å². The van der Waals surface area contributed by atoms with Crippen molar-refractivity contribution in [3.8, 4) is 5.75 Å². The Bertz CT molecular complexity index is 915. The van der Waals surface area contributed by atoms with E-state index in [2.05, 4.69) is 0 Å². The summed E-state index contributed by atoms with van der Waals surface area (Å²) in [5.41, 5.74) is 0.588. The number of hydrogen-bond acceptors (Lipinski definition) is 4. The Hall–Kier alpha value is -2.11. The van der Waals surface area contributed by atoms with Gasteiger partial charge in [-0.1, -0.05) is 30.3 Å². The number of carbonyl (C=O) groups is 1. The SMILES string of the molecule is O=C(c1ccccc1)c1c(O)c(CCCCl)c(=O)n2ccsc12. The molecule has 118 valence electrons. The lowest BCUT2D eigenvalue weighted by Gasteiger charge is -2.10. The van der Waals surface area contributed by atoms with Crippen LogP contribution >= 0.6 is 22.9 Å². The van der Waals surface area contributed by atoms with Crippen LogP contribution < -0.4 is 5.56 Å². The van der Waals surface area contributed by atoms with E-state index in [1.807, 2.05) is 6.07 Å². The van der Waals surface area contributed by atoms with Gasteiger partial charge in [0.15, 0.2) is 5.78 Å². The Kier molecular flexibility index (Phi) is 4.50. The zero-order chi connectivity index (χ0) is 16.4. The summed E-state index contributed by atoms with van der Waals surface area (Å²) in [5.74, 6) is -0.140. The van der Waals surface area contributed by atoms with E-state index in [0.29, 0.717) is 29.1 Å². The third-order valence-electron chi connectivity index (χ3n) is 3.65. The molecule has 2 heterocycles. The van der Waals surface area contributed by atoms with Crippen molar-refractivity contribution >= 4 is 33.6 Å².